The van der Waals surface area contributed by atoms with Gasteiger partial charge in [0.25, 0.3) is 0 Å². The molecule has 0 aliphatic rings. The van der Waals surface area contributed by atoms with E-state index in [9.17, 15) is 13.2 Å². The molecular weight excluding hydrogens is 407 g/mol. The van der Waals surface area contributed by atoms with Gasteiger partial charge in [-0.25, -0.2) is 8.42 Å². The van der Waals surface area contributed by atoms with E-state index in [4.69, 9.17) is 0 Å². The van der Waals surface area contributed by atoms with Gasteiger partial charge in [-0.1, -0.05) is 23.8 Å². The van der Waals surface area contributed by atoms with Gasteiger partial charge in [0.05, 0.1) is 0 Å². The van der Waals surface area contributed by atoms with Crippen molar-refractivity contribution >= 4 is 54.1 Å². The molecule has 1 rings (SSSR count). The van der Waals surface area contributed by atoms with E-state index in [1.165, 1.54) is 0 Å². The first-order valence-corrected chi connectivity index (χ1v) is 8.11. The predicted octanol–water partition coefficient (Wildman–Crippen LogP) is 2.71. The first-order chi connectivity index (χ1) is 7.16. The lowest BCUT2D eigenvalue weighted by atomic mass is 10.1. The fourth-order valence-electron chi connectivity index (χ4n) is 1.12. The minimum atomic E-state index is -3.51. The van der Waals surface area contributed by atoms with E-state index in [1.807, 2.05) is 13.0 Å². The van der Waals surface area contributed by atoms with Crippen molar-refractivity contribution in [3.8, 4) is 0 Å². The fourth-order valence-corrected chi connectivity index (χ4v) is 2.12. The number of aryl methyl sites for hydroxylation is 1. The van der Waals surface area contributed by atoms with Crippen LogP contribution in [0.2, 0.25) is 0 Å². The third kappa shape index (κ3) is 2.84. The van der Waals surface area contributed by atoms with Crippen molar-refractivity contribution < 1.29 is 13.2 Å². The molecule has 0 spiro atoms. The van der Waals surface area contributed by atoms with Crippen molar-refractivity contribution in [3.05, 3.63) is 35.4 Å². The van der Waals surface area contributed by atoms with Gasteiger partial charge in [0, 0.05) is 11.8 Å². The van der Waals surface area contributed by atoms with E-state index < -0.39 is 17.3 Å². The topological polar surface area (TPSA) is 51.2 Å². The van der Waals surface area contributed by atoms with Gasteiger partial charge < -0.3 is 0 Å². The standard InChI is InChI=1S/C10H10BrIO3S/c1-7-4-3-5-8(6-7)9(13)10(11,12)16(2,14)15/h3-6H,1-2H3. The predicted molar refractivity (Wildman–Crippen MR) is 76.0 cm³/mol. The molecule has 0 heterocycles. The van der Waals surface area contributed by atoms with Gasteiger partial charge in [0.2, 0.25) is 7.45 Å². The summed E-state index contributed by atoms with van der Waals surface area (Å²) in [7, 11) is -3.51. The molecule has 0 fully saturated rings. The first kappa shape index (κ1) is 14.1. The second-order valence-corrected chi connectivity index (χ2v) is 11.2. The highest BCUT2D eigenvalue weighted by Crippen LogP contribution is 2.36. The molecule has 0 aliphatic heterocycles. The largest absolute Gasteiger partial charge is 0.290 e. The third-order valence-electron chi connectivity index (χ3n) is 2.01. The molecule has 1 aromatic carbocycles. The lowest BCUT2D eigenvalue weighted by molar-refractivity contribution is 0.101. The Morgan fingerprint density at radius 1 is 1.44 bits per heavy atom. The van der Waals surface area contributed by atoms with Gasteiger partial charge in [0.1, 0.15) is 0 Å². The van der Waals surface area contributed by atoms with E-state index in [1.54, 1.807) is 40.8 Å². The Balaban J connectivity index is 3.23. The summed E-state index contributed by atoms with van der Waals surface area (Å²) in [5.41, 5.74) is 1.30. The van der Waals surface area contributed by atoms with Crippen LogP contribution in [-0.2, 0) is 9.84 Å². The number of Topliss-reactive ketones (excluding diaryl/α,β-unsaturated/α-hetero) is 1. The summed E-state index contributed by atoms with van der Waals surface area (Å²) in [6.07, 6.45) is 1.03. The maximum Gasteiger partial charge on any atom is 0.238 e. The number of ketones is 1. The van der Waals surface area contributed by atoms with Crippen LogP contribution in [0.1, 0.15) is 15.9 Å². The van der Waals surface area contributed by atoms with Crippen molar-refractivity contribution in [2.24, 2.45) is 0 Å². The Bertz CT molecular complexity index is 523. The molecule has 0 N–H and O–H groups in total. The lowest BCUT2D eigenvalue weighted by Crippen LogP contribution is -2.33. The van der Waals surface area contributed by atoms with Crippen LogP contribution in [0.15, 0.2) is 24.3 Å². The average molecular weight is 417 g/mol. The van der Waals surface area contributed by atoms with E-state index in [-0.39, 0.29) is 0 Å². The normalized spacial score (nSPS) is 15.5. The quantitative estimate of drug-likeness (QED) is 0.432. The molecule has 0 aromatic heterocycles. The van der Waals surface area contributed by atoms with Crippen LogP contribution in [0.3, 0.4) is 0 Å². The molecule has 0 aliphatic carbocycles. The van der Waals surface area contributed by atoms with E-state index >= 15 is 0 Å². The smallest absolute Gasteiger partial charge is 0.238 e. The zero-order chi connectivity index (χ0) is 12.6. The number of benzene rings is 1. The van der Waals surface area contributed by atoms with Gasteiger partial charge >= 0.3 is 0 Å². The van der Waals surface area contributed by atoms with Crippen LogP contribution in [0.25, 0.3) is 0 Å². The average Bonchev–Trinajstić information content (AvgIpc) is 2.14. The number of halogens is 2. The Morgan fingerprint density at radius 3 is 2.44 bits per heavy atom. The monoisotopic (exact) mass is 416 g/mol. The van der Waals surface area contributed by atoms with Crippen LogP contribution in [0.4, 0.5) is 0 Å². The van der Waals surface area contributed by atoms with Crippen molar-refractivity contribution in [1.29, 1.82) is 0 Å². The molecule has 0 saturated carbocycles. The van der Waals surface area contributed by atoms with Crippen LogP contribution in [-0.4, -0.2) is 22.1 Å². The number of carbonyl (C=O) groups is 1. The zero-order valence-corrected chi connectivity index (χ0v) is 13.3. The number of hydrogen-bond donors (Lipinski definition) is 0. The summed E-state index contributed by atoms with van der Waals surface area (Å²) < 4.78 is 21.4. The van der Waals surface area contributed by atoms with Crippen LogP contribution in [0.5, 0.6) is 0 Å². The Morgan fingerprint density at radius 2 is 2.00 bits per heavy atom. The molecule has 0 saturated heterocycles. The van der Waals surface area contributed by atoms with Gasteiger partial charge in [-0.15, -0.1) is 0 Å². The molecule has 88 valence electrons. The number of hydrogen-bond acceptors (Lipinski definition) is 3. The SMILES string of the molecule is Cc1cccc(C(=O)C(Br)(I)S(C)(=O)=O)c1. The first-order valence-electron chi connectivity index (χ1n) is 4.35. The summed E-state index contributed by atoms with van der Waals surface area (Å²) in [5.74, 6) is -0.459. The van der Waals surface area contributed by atoms with E-state index in [0.717, 1.165) is 11.8 Å². The highest BCUT2D eigenvalue weighted by Gasteiger charge is 2.43. The second-order valence-electron chi connectivity index (χ2n) is 3.49. The number of carbonyl (C=O) groups excluding carboxylic acids is 1. The van der Waals surface area contributed by atoms with Crippen molar-refractivity contribution in [2.75, 3.05) is 6.26 Å². The van der Waals surface area contributed by atoms with Gasteiger partial charge in [-0.2, -0.15) is 0 Å². The van der Waals surface area contributed by atoms with Crippen molar-refractivity contribution in [2.45, 2.75) is 8.59 Å². The van der Waals surface area contributed by atoms with Gasteiger partial charge in [-0.3, -0.25) is 4.79 Å². The van der Waals surface area contributed by atoms with E-state index in [0.29, 0.717) is 5.56 Å². The molecule has 3 nitrogen and oxygen atoms in total. The molecule has 1 aromatic rings. The third-order valence-corrected chi connectivity index (χ3v) is 8.14. The minimum absolute atomic E-state index is 0.386. The summed E-state index contributed by atoms with van der Waals surface area (Å²) >= 11 is 4.58. The Hall–Kier alpha value is 0.0500. The summed E-state index contributed by atoms with van der Waals surface area (Å²) in [4.78, 5) is 12.0. The van der Waals surface area contributed by atoms with Gasteiger partial charge in [-0.05, 0) is 51.5 Å². The highest BCUT2D eigenvalue weighted by atomic mass is 127. The van der Waals surface area contributed by atoms with Crippen LogP contribution in [0, 0.1) is 6.92 Å². The molecule has 1 unspecified atom stereocenters. The minimum Gasteiger partial charge on any atom is -0.290 e. The maximum atomic E-state index is 12.0. The van der Waals surface area contributed by atoms with Crippen molar-refractivity contribution in [1.82, 2.24) is 0 Å². The zero-order valence-electron chi connectivity index (χ0n) is 8.70. The molecule has 6 heteroatoms. The van der Waals surface area contributed by atoms with Crippen LogP contribution < -0.4 is 0 Å². The molecule has 0 amide bonds. The van der Waals surface area contributed by atoms with Gasteiger partial charge in [0.15, 0.2) is 9.84 Å². The molecular formula is C10H10BrIO3S. The summed E-state index contributed by atoms with van der Waals surface area (Å²) in [6.45, 7) is 1.85. The fraction of sp³-hybridized carbons (Fsp3) is 0.300. The number of sulfone groups is 1. The number of alkyl halides is 2. The maximum absolute atomic E-state index is 12.0. The second kappa shape index (κ2) is 4.73. The van der Waals surface area contributed by atoms with Crippen molar-refractivity contribution in [3.63, 3.8) is 0 Å². The molecule has 0 bridgehead atoms. The molecule has 1 atom stereocenters. The summed E-state index contributed by atoms with van der Waals surface area (Å²) in [6, 6.07) is 6.85. The molecule has 0 radical (unpaired) electrons. The lowest BCUT2D eigenvalue weighted by Gasteiger charge is -2.17. The highest BCUT2D eigenvalue weighted by molar-refractivity contribution is 14.1. The Labute approximate surface area is 117 Å². The molecule has 16 heavy (non-hydrogen) atoms. The Kier molecular flexibility index (Phi) is 4.18. The number of rotatable bonds is 3. The van der Waals surface area contributed by atoms with Crippen LogP contribution >= 0.6 is 38.5 Å². The van der Waals surface area contributed by atoms with E-state index in [2.05, 4.69) is 15.9 Å². The summed E-state index contributed by atoms with van der Waals surface area (Å²) in [5, 5.41) is 0.